The van der Waals surface area contributed by atoms with Crippen molar-refractivity contribution < 1.29 is 14.6 Å². The van der Waals surface area contributed by atoms with E-state index in [1.165, 1.54) is 11.1 Å². The third-order valence-electron chi connectivity index (χ3n) is 6.40. The van der Waals surface area contributed by atoms with Crippen LogP contribution in [0, 0.1) is 0 Å². The number of fused-ring (bicyclic) bond motifs is 2. The molecular weight excluding hydrogens is 414 g/mol. The summed E-state index contributed by atoms with van der Waals surface area (Å²) in [6.07, 6.45) is 4.21. The van der Waals surface area contributed by atoms with Crippen molar-refractivity contribution in [3.05, 3.63) is 89.2 Å². The van der Waals surface area contributed by atoms with Gasteiger partial charge in [0.25, 0.3) is 0 Å². The largest absolute Gasteiger partial charge is 0.492 e. The molecule has 3 aromatic rings. The Hall–Kier alpha value is -2.93. The molecule has 33 heavy (non-hydrogen) atoms. The van der Waals surface area contributed by atoms with Crippen LogP contribution in [0.3, 0.4) is 0 Å². The van der Waals surface area contributed by atoms with Gasteiger partial charge in [-0.15, -0.1) is 0 Å². The summed E-state index contributed by atoms with van der Waals surface area (Å²) in [7, 11) is 0. The molecular formula is C27H31N3O3. The van der Waals surface area contributed by atoms with Crippen LogP contribution in [0.25, 0.3) is 0 Å². The van der Waals surface area contributed by atoms with E-state index in [1.807, 2.05) is 24.3 Å². The smallest absolute Gasteiger partial charge is 0.127 e. The van der Waals surface area contributed by atoms with E-state index >= 15 is 0 Å². The maximum Gasteiger partial charge on any atom is 0.127 e. The zero-order chi connectivity index (χ0) is 22.5. The Balaban J connectivity index is 1.15. The molecule has 1 N–H and O–H groups in total. The van der Waals surface area contributed by atoms with Crippen LogP contribution in [0.2, 0.25) is 0 Å². The molecule has 2 aliphatic heterocycles. The molecule has 0 aliphatic carbocycles. The molecule has 2 aromatic carbocycles. The van der Waals surface area contributed by atoms with Gasteiger partial charge >= 0.3 is 0 Å². The Morgan fingerprint density at radius 2 is 1.67 bits per heavy atom. The van der Waals surface area contributed by atoms with Crippen molar-refractivity contribution in [2.24, 2.45) is 0 Å². The quantitative estimate of drug-likeness (QED) is 0.602. The lowest BCUT2D eigenvalue weighted by Gasteiger charge is -2.32. The summed E-state index contributed by atoms with van der Waals surface area (Å²) in [6.45, 7) is 5.91. The first-order chi connectivity index (χ1) is 16.2. The fourth-order valence-corrected chi connectivity index (χ4v) is 4.66. The molecule has 0 fully saturated rings. The first kappa shape index (κ1) is 21.9. The van der Waals surface area contributed by atoms with Gasteiger partial charge in [0, 0.05) is 63.3 Å². The Kier molecular flexibility index (Phi) is 6.86. The highest BCUT2D eigenvalue weighted by Crippen LogP contribution is 2.28. The fraction of sp³-hybridized carbons (Fsp3) is 0.370. The predicted molar refractivity (Wildman–Crippen MR) is 127 cm³/mol. The van der Waals surface area contributed by atoms with Gasteiger partial charge in [-0.1, -0.05) is 30.3 Å². The van der Waals surface area contributed by atoms with Crippen molar-refractivity contribution in [3.63, 3.8) is 0 Å². The molecule has 6 nitrogen and oxygen atoms in total. The number of rotatable bonds is 7. The van der Waals surface area contributed by atoms with Crippen LogP contribution < -0.4 is 9.47 Å². The first-order valence-corrected chi connectivity index (χ1v) is 11.7. The third kappa shape index (κ3) is 5.71. The number of pyridine rings is 1. The zero-order valence-electron chi connectivity index (χ0n) is 18.9. The SMILES string of the molecule is O[C@H](CN1CCc2ccccc2C1)CN1CCOc2cc(OCc3ccncc3)ccc2C1. The third-order valence-corrected chi connectivity index (χ3v) is 6.40. The normalized spacial score (nSPS) is 17.4. The average molecular weight is 446 g/mol. The monoisotopic (exact) mass is 445 g/mol. The minimum atomic E-state index is -0.389. The molecule has 0 unspecified atom stereocenters. The van der Waals surface area contributed by atoms with Crippen LogP contribution in [0.5, 0.6) is 11.5 Å². The van der Waals surface area contributed by atoms with Crippen LogP contribution in [-0.4, -0.2) is 58.8 Å². The van der Waals surface area contributed by atoms with Crippen molar-refractivity contribution in [1.82, 2.24) is 14.8 Å². The molecule has 0 saturated carbocycles. The molecule has 0 radical (unpaired) electrons. The van der Waals surface area contributed by atoms with E-state index in [9.17, 15) is 5.11 Å². The number of nitrogens with zero attached hydrogens (tertiary/aromatic N) is 3. The lowest BCUT2D eigenvalue weighted by Crippen LogP contribution is -2.42. The highest BCUT2D eigenvalue weighted by atomic mass is 16.5. The van der Waals surface area contributed by atoms with Gasteiger partial charge in [-0.2, -0.15) is 0 Å². The number of benzene rings is 2. The van der Waals surface area contributed by atoms with Crippen LogP contribution in [-0.2, 0) is 26.1 Å². The van der Waals surface area contributed by atoms with Gasteiger partial charge in [-0.05, 0) is 41.3 Å². The second-order valence-corrected chi connectivity index (χ2v) is 8.90. The summed E-state index contributed by atoms with van der Waals surface area (Å²) in [4.78, 5) is 8.68. The fourth-order valence-electron chi connectivity index (χ4n) is 4.66. The topological polar surface area (TPSA) is 58.1 Å². The maximum absolute atomic E-state index is 10.8. The molecule has 6 heteroatoms. The summed E-state index contributed by atoms with van der Waals surface area (Å²) in [6, 6.07) is 18.6. The number of hydrogen-bond donors (Lipinski definition) is 1. The van der Waals surface area contributed by atoms with E-state index < -0.39 is 0 Å². The summed E-state index contributed by atoms with van der Waals surface area (Å²) in [5.74, 6) is 1.66. The van der Waals surface area contributed by atoms with Crippen molar-refractivity contribution in [2.45, 2.75) is 32.2 Å². The predicted octanol–water partition coefficient (Wildman–Crippen LogP) is 3.27. The standard InChI is InChI=1S/C27H31N3O3/c31-25(18-29-12-9-22-3-1-2-4-23(22)16-29)19-30-13-14-32-27-15-26(6-5-24(27)17-30)33-20-21-7-10-28-11-8-21/h1-8,10-11,15,25,31H,9,12-14,16-20H2/t25-/m1/s1. The molecule has 0 saturated heterocycles. The van der Waals surface area contributed by atoms with Crippen LogP contribution in [0.15, 0.2) is 67.0 Å². The van der Waals surface area contributed by atoms with Crippen LogP contribution in [0.1, 0.15) is 22.3 Å². The minimum absolute atomic E-state index is 0.389. The molecule has 1 aromatic heterocycles. The summed E-state index contributed by atoms with van der Waals surface area (Å²) in [5, 5.41) is 10.8. The number of aromatic nitrogens is 1. The Bertz CT molecular complexity index is 1060. The van der Waals surface area contributed by atoms with E-state index in [-0.39, 0.29) is 6.10 Å². The molecule has 172 valence electrons. The molecule has 0 spiro atoms. The zero-order valence-corrected chi connectivity index (χ0v) is 18.9. The number of β-amino-alcohol motifs (C(OH)–C–C–N with tert-alkyl or cyclic N) is 1. The summed E-state index contributed by atoms with van der Waals surface area (Å²) in [5.41, 5.74) is 5.03. The van der Waals surface area contributed by atoms with E-state index in [0.29, 0.717) is 26.3 Å². The highest BCUT2D eigenvalue weighted by Gasteiger charge is 2.22. The second kappa shape index (κ2) is 10.3. The lowest BCUT2D eigenvalue weighted by atomic mass is 10.00. The molecule has 3 heterocycles. The number of aliphatic hydroxyl groups excluding tert-OH is 1. The maximum atomic E-state index is 10.8. The average Bonchev–Trinajstić information content (AvgIpc) is 3.04. The number of aliphatic hydroxyl groups is 1. The Morgan fingerprint density at radius 3 is 2.52 bits per heavy atom. The van der Waals surface area contributed by atoms with E-state index in [2.05, 4.69) is 45.1 Å². The highest BCUT2D eigenvalue weighted by molar-refractivity contribution is 5.41. The van der Waals surface area contributed by atoms with Gasteiger partial charge in [0.2, 0.25) is 0 Å². The van der Waals surface area contributed by atoms with Gasteiger partial charge in [0.15, 0.2) is 0 Å². The van der Waals surface area contributed by atoms with Gasteiger partial charge in [-0.25, -0.2) is 0 Å². The Labute approximate surface area is 195 Å². The van der Waals surface area contributed by atoms with Gasteiger partial charge < -0.3 is 14.6 Å². The first-order valence-electron chi connectivity index (χ1n) is 11.7. The summed E-state index contributed by atoms with van der Waals surface area (Å²) >= 11 is 0. The van der Waals surface area contributed by atoms with E-state index in [0.717, 1.165) is 55.2 Å². The minimum Gasteiger partial charge on any atom is -0.492 e. The van der Waals surface area contributed by atoms with Crippen molar-refractivity contribution in [3.8, 4) is 11.5 Å². The summed E-state index contributed by atoms with van der Waals surface area (Å²) < 4.78 is 12.0. The molecule has 1 atom stereocenters. The van der Waals surface area contributed by atoms with Gasteiger partial charge in [0.1, 0.15) is 24.7 Å². The Morgan fingerprint density at radius 1 is 0.909 bits per heavy atom. The molecule has 0 amide bonds. The van der Waals surface area contributed by atoms with Gasteiger partial charge in [0.05, 0.1) is 6.10 Å². The number of hydrogen-bond acceptors (Lipinski definition) is 6. The van der Waals surface area contributed by atoms with Gasteiger partial charge in [-0.3, -0.25) is 14.8 Å². The van der Waals surface area contributed by atoms with Crippen molar-refractivity contribution >= 4 is 0 Å². The molecule has 2 aliphatic rings. The van der Waals surface area contributed by atoms with Crippen LogP contribution in [0.4, 0.5) is 0 Å². The second-order valence-electron chi connectivity index (χ2n) is 8.90. The van der Waals surface area contributed by atoms with Crippen molar-refractivity contribution in [2.75, 3.05) is 32.8 Å². The van der Waals surface area contributed by atoms with E-state index in [1.54, 1.807) is 12.4 Å². The molecule has 0 bridgehead atoms. The molecule has 5 rings (SSSR count). The van der Waals surface area contributed by atoms with E-state index in [4.69, 9.17) is 9.47 Å². The lowest BCUT2D eigenvalue weighted by molar-refractivity contribution is 0.0648. The van der Waals surface area contributed by atoms with Crippen molar-refractivity contribution in [1.29, 1.82) is 0 Å². The van der Waals surface area contributed by atoms with Crippen LogP contribution >= 0.6 is 0 Å². The number of ether oxygens (including phenoxy) is 2.